The number of rotatable bonds is 6. The van der Waals surface area contributed by atoms with Crippen LogP contribution < -0.4 is 9.80 Å². The van der Waals surface area contributed by atoms with Crippen molar-refractivity contribution in [2.75, 3.05) is 9.80 Å². The number of nitrogens with zero attached hydrogens (tertiary/aromatic N) is 2. The molecule has 14 rings (SSSR count). The van der Waals surface area contributed by atoms with Gasteiger partial charge in [-0.1, -0.05) is 229 Å². The smallest absolute Gasteiger partial charge is 0.145 e. The molecule has 1 aromatic heterocycles. The number of hydrogen-bond donors (Lipinski definition) is 0. The lowest BCUT2D eigenvalue weighted by Crippen LogP contribution is -2.27. The van der Waals surface area contributed by atoms with Crippen LogP contribution in [0.15, 0.2) is 223 Å². The summed E-state index contributed by atoms with van der Waals surface area (Å²) in [7, 11) is 0. The fourth-order valence-corrected chi connectivity index (χ4v) is 13.8. The van der Waals surface area contributed by atoms with E-state index in [0.29, 0.717) is 0 Å². The van der Waals surface area contributed by atoms with Crippen LogP contribution in [0.4, 0.5) is 34.1 Å². The molecule has 0 aliphatic heterocycles. The molecule has 0 saturated heterocycles. The standard InChI is InChI=1S/C79H72N2O/c1-75(2,3)49-29-37-53(38-30-49)80(54-39-31-50(32-40-54)76(4,5)6)68-47-66-71(61-25-14-13-23-59(61)68)72-63-46-45-62-60-24-17-20-28-70(60)82-74(62)73(63)69(48-67(72)79(66)64-26-18-15-21-57(64)58-22-16-19-27-65(58)79)81(55-41-33-51(34-42-55)77(7,8)9)56-43-35-52(36-44-56)78(10,11)12/h13-48H,1-12H3. The predicted octanol–water partition coefficient (Wildman–Crippen LogP) is 22.4. The SMILES string of the molecule is CC(C)(C)c1ccc(N(c2ccc(C(C)(C)C)cc2)c2cc3c(c4ccccc24)-c2c(cc(N(c4ccc(C(C)(C)C)cc4)c4ccc(C(C)(C)C)cc4)c4c2ccc2c5ccccc5oc24)C32c3ccccc3-c3ccccc32)cc1. The second kappa shape index (κ2) is 18.2. The van der Waals surface area contributed by atoms with Gasteiger partial charge in [0.1, 0.15) is 11.2 Å². The van der Waals surface area contributed by atoms with Gasteiger partial charge in [0.15, 0.2) is 0 Å². The van der Waals surface area contributed by atoms with Crippen LogP contribution in [0.5, 0.6) is 0 Å². The summed E-state index contributed by atoms with van der Waals surface area (Å²) >= 11 is 0. The highest BCUT2D eigenvalue weighted by molar-refractivity contribution is 6.26. The topological polar surface area (TPSA) is 19.6 Å². The number of benzene rings is 11. The van der Waals surface area contributed by atoms with Crippen molar-refractivity contribution in [2.24, 2.45) is 0 Å². The minimum Gasteiger partial charge on any atom is -0.455 e. The van der Waals surface area contributed by atoms with Gasteiger partial charge in [-0.3, -0.25) is 0 Å². The first-order chi connectivity index (χ1) is 39.2. The van der Waals surface area contributed by atoms with E-state index in [1.54, 1.807) is 0 Å². The summed E-state index contributed by atoms with van der Waals surface area (Å²) in [6.07, 6.45) is 0. The molecule has 404 valence electrons. The summed E-state index contributed by atoms with van der Waals surface area (Å²) in [5, 5.41) is 6.85. The van der Waals surface area contributed by atoms with Crippen LogP contribution in [0, 0.1) is 0 Å². The molecule has 82 heavy (non-hydrogen) atoms. The molecule has 0 amide bonds. The van der Waals surface area contributed by atoms with Crippen molar-refractivity contribution in [2.45, 2.75) is 110 Å². The van der Waals surface area contributed by atoms with Crippen LogP contribution in [0.3, 0.4) is 0 Å². The Balaban J connectivity index is 1.16. The lowest BCUT2D eigenvalue weighted by Gasteiger charge is -2.34. The number of anilines is 6. The molecule has 0 saturated carbocycles. The van der Waals surface area contributed by atoms with Gasteiger partial charge in [-0.15, -0.1) is 0 Å². The Hall–Kier alpha value is -8.66. The van der Waals surface area contributed by atoms with Crippen LogP contribution >= 0.6 is 0 Å². The van der Waals surface area contributed by atoms with Crippen LogP contribution in [0.2, 0.25) is 0 Å². The Kier molecular flexibility index (Phi) is 11.4. The lowest BCUT2D eigenvalue weighted by atomic mass is 9.70. The van der Waals surface area contributed by atoms with Gasteiger partial charge < -0.3 is 14.2 Å². The van der Waals surface area contributed by atoms with E-state index < -0.39 is 5.41 Å². The molecule has 0 fully saturated rings. The highest BCUT2D eigenvalue weighted by Crippen LogP contribution is 2.67. The van der Waals surface area contributed by atoms with E-state index in [1.807, 2.05) is 0 Å². The van der Waals surface area contributed by atoms with E-state index in [4.69, 9.17) is 4.42 Å². The lowest BCUT2D eigenvalue weighted by molar-refractivity contribution is 0.590. The average molecular weight is 1070 g/mol. The molecule has 3 nitrogen and oxygen atoms in total. The van der Waals surface area contributed by atoms with Crippen LogP contribution in [-0.4, -0.2) is 0 Å². The molecular formula is C79H72N2O. The quantitative estimate of drug-likeness (QED) is 0.165. The minimum atomic E-state index is -0.738. The summed E-state index contributed by atoms with van der Waals surface area (Å²) in [6, 6.07) is 83.4. The Labute approximate surface area is 484 Å². The molecule has 1 heterocycles. The minimum absolute atomic E-state index is 0.00366. The first kappa shape index (κ1) is 51.5. The maximum absolute atomic E-state index is 7.29. The van der Waals surface area contributed by atoms with Gasteiger partial charge in [0.05, 0.1) is 16.8 Å². The van der Waals surface area contributed by atoms with Crippen molar-refractivity contribution in [3.63, 3.8) is 0 Å². The van der Waals surface area contributed by atoms with Gasteiger partial charge >= 0.3 is 0 Å². The molecule has 0 N–H and O–H groups in total. The average Bonchev–Trinajstić information content (AvgIpc) is 1.78. The Morgan fingerprint density at radius 2 is 0.659 bits per heavy atom. The Morgan fingerprint density at radius 1 is 0.305 bits per heavy atom. The van der Waals surface area contributed by atoms with Gasteiger partial charge in [0.2, 0.25) is 0 Å². The summed E-state index contributed by atoms with van der Waals surface area (Å²) in [4.78, 5) is 5.04. The van der Waals surface area contributed by atoms with Crippen LogP contribution in [0.1, 0.15) is 128 Å². The van der Waals surface area contributed by atoms with Gasteiger partial charge in [0, 0.05) is 44.3 Å². The van der Waals surface area contributed by atoms with E-state index in [0.717, 1.165) is 66.8 Å². The summed E-state index contributed by atoms with van der Waals surface area (Å²) < 4.78 is 7.29. The second-order valence-electron chi connectivity index (χ2n) is 27.3. The van der Waals surface area contributed by atoms with Gasteiger partial charge in [-0.2, -0.15) is 0 Å². The summed E-state index contributed by atoms with van der Waals surface area (Å²) in [5.41, 5.74) is 22.9. The van der Waals surface area contributed by atoms with Crippen molar-refractivity contribution in [3.05, 3.63) is 263 Å². The summed E-state index contributed by atoms with van der Waals surface area (Å²) in [6.45, 7) is 27.6. The first-order valence-electron chi connectivity index (χ1n) is 29.4. The third kappa shape index (κ3) is 7.83. The largest absolute Gasteiger partial charge is 0.455 e. The first-order valence-corrected chi connectivity index (χ1v) is 29.4. The van der Waals surface area contributed by atoms with Crippen molar-refractivity contribution in [1.82, 2.24) is 0 Å². The fourth-order valence-electron chi connectivity index (χ4n) is 13.8. The fraction of sp³-hybridized carbons (Fsp3) is 0.215. The summed E-state index contributed by atoms with van der Waals surface area (Å²) in [5.74, 6) is 0. The maximum Gasteiger partial charge on any atom is 0.145 e. The maximum atomic E-state index is 7.29. The Morgan fingerprint density at radius 3 is 1.11 bits per heavy atom. The number of para-hydroxylation sites is 1. The highest BCUT2D eigenvalue weighted by atomic mass is 16.3. The van der Waals surface area contributed by atoms with E-state index in [9.17, 15) is 0 Å². The zero-order valence-corrected chi connectivity index (χ0v) is 49.6. The molecule has 11 aromatic carbocycles. The molecule has 2 aliphatic rings. The molecule has 2 aliphatic carbocycles. The van der Waals surface area contributed by atoms with E-state index in [2.05, 4.69) is 311 Å². The van der Waals surface area contributed by atoms with Crippen molar-refractivity contribution in [3.8, 4) is 22.3 Å². The number of hydrogen-bond acceptors (Lipinski definition) is 3. The van der Waals surface area contributed by atoms with Crippen LogP contribution in [-0.2, 0) is 27.1 Å². The molecule has 1 spiro atoms. The van der Waals surface area contributed by atoms with E-state index >= 15 is 0 Å². The normalized spacial score (nSPS) is 13.7. The number of fused-ring (bicyclic) bond motifs is 18. The third-order valence-electron chi connectivity index (χ3n) is 18.1. The van der Waals surface area contributed by atoms with E-state index in [-0.39, 0.29) is 21.7 Å². The van der Waals surface area contributed by atoms with Crippen molar-refractivity contribution in [1.29, 1.82) is 0 Å². The van der Waals surface area contributed by atoms with Gasteiger partial charge in [-0.25, -0.2) is 0 Å². The molecule has 3 heteroatoms. The van der Waals surface area contributed by atoms with Crippen LogP contribution in [0.25, 0.3) is 65.7 Å². The molecule has 0 radical (unpaired) electrons. The third-order valence-corrected chi connectivity index (χ3v) is 18.1. The number of furan rings is 1. The van der Waals surface area contributed by atoms with Gasteiger partial charge in [-0.05, 0) is 172 Å². The monoisotopic (exact) mass is 1060 g/mol. The Bertz CT molecular complexity index is 4350. The van der Waals surface area contributed by atoms with Crippen molar-refractivity contribution < 1.29 is 4.42 Å². The highest BCUT2D eigenvalue weighted by Gasteiger charge is 2.53. The van der Waals surface area contributed by atoms with E-state index in [1.165, 1.54) is 77.5 Å². The second-order valence-corrected chi connectivity index (χ2v) is 27.3. The molecule has 0 atom stereocenters. The molecule has 12 aromatic rings. The molecule has 0 bridgehead atoms. The van der Waals surface area contributed by atoms with Gasteiger partial charge in [0.25, 0.3) is 0 Å². The zero-order chi connectivity index (χ0) is 56.8. The van der Waals surface area contributed by atoms with Crippen molar-refractivity contribution >= 4 is 77.6 Å². The zero-order valence-electron chi connectivity index (χ0n) is 49.6. The predicted molar refractivity (Wildman–Crippen MR) is 349 cm³/mol. The molecule has 0 unspecified atom stereocenters. The molecular weight excluding hydrogens is 993 g/mol.